The molecule has 0 unspecified atom stereocenters. The number of fused-ring (bicyclic) bond motifs is 1. The monoisotopic (exact) mass is 253 g/mol. The lowest BCUT2D eigenvalue weighted by molar-refractivity contribution is -0.140. The number of aliphatic imine (C=N–C) groups is 1. The Morgan fingerprint density at radius 2 is 2.11 bits per heavy atom. The molecule has 5 heteroatoms. The molecular weight excluding hydrogens is 242 g/mol. The SMILES string of the molecule is O=C(OCc1ccccc1)C1=C2N=CC=C2CN=N1. The topological polar surface area (TPSA) is 63.4 Å². The highest BCUT2D eigenvalue weighted by Gasteiger charge is 2.24. The maximum Gasteiger partial charge on any atom is 0.361 e. The van der Waals surface area contributed by atoms with Crippen LogP contribution in [0.2, 0.25) is 0 Å². The lowest BCUT2D eigenvalue weighted by atomic mass is 10.1. The number of rotatable bonds is 3. The maximum absolute atomic E-state index is 12.0. The summed E-state index contributed by atoms with van der Waals surface area (Å²) in [7, 11) is 0. The van der Waals surface area contributed by atoms with Gasteiger partial charge in [-0.05, 0) is 11.6 Å². The fourth-order valence-corrected chi connectivity index (χ4v) is 1.86. The number of esters is 1. The molecule has 0 atom stereocenters. The van der Waals surface area contributed by atoms with Gasteiger partial charge in [-0.15, -0.1) is 5.11 Å². The average Bonchev–Trinajstić information content (AvgIpc) is 2.94. The van der Waals surface area contributed by atoms with E-state index in [0.29, 0.717) is 12.2 Å². The van der Waals surface area contributed by atoms with Gasteiger partial charge in [-0.25, -0.2) is 4.79 Å². The average molecular weight is 253 g/mol. The van der Waals surface area contributed by atoms with E-state index in [1.165, 1.54) is 0 Å². The molecule has 0 fully saturated rings. The number of ether oxygens (including phenoxy) is 1. The first-order valence-electron chi connectivity index (χ1n) is 5.91. The van der Waals surface area contributed by atoms with Gasteiger partial charge in [0.1, 0.15) is 12.3 Å². The molecule has 0 saturated heterocycles. The first-order chi connectivity index (χ1) is 9.34. The lowest BCUT2D eigenvalue weighted by Gasteiger charge is -2.10. The van der Waals surface area contributed by atoms with Crippen molar-refractivity contribution < 1.29 is 9.53 Å². The summed E-state index contributed by atoms with van der Waals surface area (Å²) in [6.07, 6.45) is 3.48. The summed E-state index contributed by atoms with van der Waals surface area (Å²) in [5, 5.41) is 7.76. The number of allylic oxidation sites excluding steroid dienone is 1. The van der Waals surface area contributed by atoms with E-state index in [0.717, 1.165) is 11.1 Å². The van der Waals surface area contributed by atoms with Crippen LogP contribution in [0.5, 0.6) is 0 Å². The van der Waals surface area contributed by atoms with Crippen molar-refractivity contribution in [1.82, 2.24) is 0 Å². The van der Waals surface area contributed by atoms with Crippen LogP contribution in [0, 0.1) is 0 Å². The number of benzene rings is 1. The third-order valence-corrected chi connectivity index (χ3v) is 2.83. The van der Waals surface area contributed by atoms with Gasteiger partial charge < -0.3 is 4.74 Å². The van der Waals surface area contributed by atoms with Crippen LogP contribution in [0.1, 0.15) is 5.56 Å². The highest BCUT2D eigenvalue weighted by molar-refractivity contribution is 5.92. The minimum atomic E-state index is -0.493. The van der Waals surface area contributed by atoms with E-state index in [2.05, 4.69) is 15.2 Å². The number of carbonyl (C=O) groups is 1. The van der Waals surface area contributed by atoms with Crippen LogP contribution in [0.15, 0.2) is 68.6 Å². The molecule has 2 heterocycles. The van der Waals surface area contributed by atoms with Crippen LogP contribution in [-0.2, 0) is 16.1 Å². The molecular formula is C14H11N3O2. The molecule has 0 saturated carbocycles. The van der Waals surface area contributed by atoms with Gasteiger partial charge in [0.15, 0.2) is 5.70 Å². The summed E-state index contributed by atoms with van der Waals surface area (Å²) in [4.78, 5) is 16.1. The molecule has 0 amide bonds. The molecule has 0 bridgehead atoms. The second-order valence-electron chi connectivity index (χ2n) is 4.13. The van der Waals surface area contributed by atoms with E-state index in [1.807, 2.05) is 36.4 Å². The number of nitrogens with zero attached hydrogens (tertiary/aromatic N) is 3. The van der Waals surface area contributed by atoms with Crippen LogP contribution < -0.4 is 0 Å². The predicted molar refractivity (Wildman–Crippen MR) is 69.6 cm³/mol. The number of hydrogen-bond acceptors (Lipinski definition) is 5. The maximum atomic E-state index is 12.0. The standard InChI is InChI=1S/C14H11N3O2/c18-14(19-9-10-4-2-1-3-5-10)13-12-11(6-7-15-12)8-16-17-13/h1-7H,8-9H2. The van der Waals surface area contributed by atoms with E-state index in [9.17, 15) is 4.79 Å². The summed E-state index contributed by atoms with van der Waals surface area (Å²) < 4.78 is 5.22. The van der Waals surface area contributed by atoms with Crippen LogP contribution in [0.4, 0.5) is 0 Å². The molecule has 2 aliphatic rings. The highest BCUT2D eigenvalue weighted by Crippen LogP contribution is 2.26. The van der Waals surface area contributed by atoms with Crippen molar-refractivity contribution in [3.8, 4) is 0 Å². The third kappa shape index (κ3) is 2.35. The van der Waals surface area contributed by atoms with Gasteiger partial charge in [-0.1, -0.05) is 30.3 Å². The minimum absolute atomic E-state index is 0.183. The van der Waals surface area contributed by atoms with Crippen LogP contribution in [0.3, 0.4) is 0 Å². The molecule has 19 heavy (non-hydrogen) atoms. The van der Waals surface area contributed by atoms with Gasteiger partial charge in [-0.2, -0.15) is 5.11 Å². The largest absolute Gasteiger partial charge is 0.456 e. The Morgan fingerprint density at radius 3 is 2.95 bits per heavy atom. The van der Waals surface area contributed by atoms with E-state index >= 15 is 0 Å². The molecule has 3 rings (SSSR count). The van der Waals surface area contributed by atoms with E-state index in [4.69, 9.17) is 4.74 Å². The van der Waals surface area contributed by atoms with Crippen molar-refractivity contribution in [3.05, 3.63) is 58.9 Å². The van der Waals surface area contributed by atoms with Gasteiger partial charge in [0, 0.05) is 11.8 Å². The van der Waals surface area contributed by atoms with Gasteiger partial charge in [-0.3, -0.25) is 4.99 Å². The summed E-state index contributed by atoms with van der Waals surface area (Å²) in [6.45, 7) is 0.680. The molecule has 2 aliphatic heterocycles. The molecule has 0 aliphatic carbocycles. The highest BCUT2D eigenvalue weighted by atomic mass is 16.5. The number of carbonyl (C=O) groups excluding carboxylic acids is 1. The van der Waals surface area contributed by atoms with Gasteiger partial charge >= 0.3 is 5.97 Å². The zero-order valence-electron chi connectivity index (χ0n) is 10.1. The van der Waals surface area contributed by atoms with Crippen molar-refractivity contribution in [2.24, 2.45) is 15.2 Å². The summed E-state index contributed by atoms with van der Waals surface area (Å²) in [6, 6.07) is 9.50. The number of hydrogen-bond donors (Lipinski definition) is 0. The molecule has 1 aromatic carbocycles. The first kappa shape index (κ1) is 11.5. The van der Waals surface area contributed by atoms with E-state index in [-0.39, 0.29) is 12.3 Å². The van der Waals surface area contributed by atoms with Crippen LogP contribution in [0.25, 0.3) is 0 Å². The van der Waals surface area contributed by atoms with E-state index < -0.39 is 5.97 Å². The predicted octanol–water partition coefficient (Wildman–Crippen LogP) is 2.42. The second-order valence-corrected chi connectivity index (χ2v) is 4.13. The molecule has 94 valence electrons. The Bertz CT molecular complexity index is 627. The summed E-state index contributed by atoms with van der Waals surface area (Å²) >= 11 is 0. The normalized spacial score (nSPS) is 16.3. The van der Waals surface area contributed by atoms with Crippen molar-refractivity contribution in [3.63, 3.8) is 0 Å². The van der Waals surface area contributed by atoms with Crippen LogP contribution >= 0.6 is 0 Å². The Labute approximate surface area is 110 Å². The molecule has 0 spiro atoms. The van der Waals surface area contributed by atoms with Crippen molar-refractivity contribution in [1.29, 1.82) is 0 Å². The Morgan fingerprint density at radius 1 is 1.26 bits per heavy atom. The van der Waals surface area contributed by atoms with Crippen molar-refractivity contribution in [2.75, 3.05) is 6.54 Å². The quantitative estimate of drug-likeness (QED) is 0.776. The van der Waals surface area contributed by atoms with Crippen molar-refractivity contribution >= 4 is 12.2 Å². The summed E-state index contributed by atoms with van der Waals surface area (Å²) in [5.74, 6) is -0.493. The zero-order chi connectivity index (χ0) is 13.1. The minimum Gasteiger partial charge on any atom is -0.456 e. The lowest BCUT2D eigenvalue weighted by Crippen LogP contribution is -2.11. The zero-order valence-corrected chi connectivity index (χ0v) is 10.1. The molecule has 0 N–H and O–H groups in total. The van der Waals surface area contributed by atoms with Gasteiger partial charge in [0.25, 0.3) is 0 Å². The fourth-order valence-electron chi connectivity index (χ4n) is 1.86. The molecule has 0 radical (unpaired) electrons. The molecule has 0 aromatic heterocycles. The van der Waals surface area contributed by atoms with Gasteiger partial charge in [0.2, 0.25) is 0 Å². The van der Waals surface area contributed by atoms with Crippen molar-refractivity contribution in [2.45, 2.75) is 6.61 Å². The van der Waals surface area contributed by atoms with Gasteiger partial charge in [0.05, 0.1) is 6.54 Å². The number of azo groups is 1. The molecule has 5 nitrogen and oxygen atoms in total. The second kappa shape index (κ2) is 4.97. The van der Waals surface area contributed by atoms with E-state index in [1.54, 1.807) is 6.21 Å². The van der Waals surface area contributed by atoms with Crippen LogP contribution in [-0.4, -0.2) is 18.7 Å². The Balaban J connectivity index is 1.73. The molecule has 1 aromatic rings. The Hall–Kier alpha value is -2.56. The Kier molecular flexibility index (Phi) is 3.02. The summed E-state index contributed by atoms with van der Waals surface area (Å²) in [5.41, 5.74) is 2.59. The fraction of sp³-hybridized carbons (Fsp3) is 0.143. The third-order valence-electron chi connectivity index (χ3n) is 2.83. The first-order valence-corrected chi connectivity index (χ1v) is 5.91. The smallest absolute Gasteiger partial charge is 0.361 e.